The van der Waals surface area contributed by atoms with Gasteiger partial charge in [0.1, 0.15) is 5.75 Å². The van der Waals surface area contributed by atoms with Gasteiger partial charge in [0, 0.05) is 27.2 Å². The predicted octanol–water partition coefficient (Wildman–Crippen LogP) is 0.471. The van der Waals surface area contributed by atoms with Crippen LogP contribution >= 0.6 is 0 Å². The van der Waals surface area contributed by atoms with E-state index in [1.165, 1.54) is 4.90 Å². The van der Waals surface area contributed by atoms with Crippen LogP contribution in [0.3, 0.4) is 0 Å². The Morgan fingerprint density at radius 2 is 1.86 bits per heavy atom. The SMILES string of the molecule is CN(C)C(=O)CNC(=O)CN1C[C@H](C(=O)N2CCCCC2)Oc2ccccc21. The van der Waals surface area contributed by atoms with Gasteiger partial charge in [-0.1, -0.05) is 12.1 Å². The lowest BCUT2D eigenvalue weighted by molar-refractivity contribution is -0.139. The van der Waals surface area contributed by atoms with Crippen LogP contribution in [0.1, 0.15) is 19.3 Å². The van der Waals surface area contributed by atoms with Crippen molar-refractivity contribution in [3.63, 3.8) is 0 Å². The maximum Gasteiger partial charge on any atom is 0.265 e. The first-order valence-corrected chi connectivity index (χ1v) is 9.72. The molecule has 8 heteroatoms. The van der Waals surface area contributed by atoms with Crippen LogP contribution in [-0.2, 0) is 14.4 Å². The van der Waals surface area contributed by atoms with E-state index in [0.717, 1.165) is 38.0 Å². The summed E-state index contributed by atoms with van der Waals surface area (Å²) >= 11 is 0. The van der Waals surface area contributed by atoms with Crippen LogP contribution in [0.2, 0.25) is 0 Å². The van der Waals surface area contributed by atoms with E-state index >= 15 is 0 Å². The minimum absolute atomic E-state index is 0.0256. The number of rotatable bonds is 5. The molecule has 0 saturated carbocycles. The number of para-hydroxylation sites is 2. The molecule has 3 amide bonds. The van der Waals surface area contributed by atoms with Gasteiger partial charge in [-0.25, -0.2) is 0 Å². The van der Waals surface area contributed by atoms with Crippen LogP contribution in [0, 0.1) is 0 Å². The molecule has 2 aliphatic rings. The summed E-state index contributed by atoms with van der Waals surface area (Å²) in [7, 11) is 3.28. The first kappa shape index (κ1) is 20.0. The van der Waals surface area contributed by atoms with E-state index in [9.17, 15) is 14.4 Å². The highest BCUT2D eigenvalue weighted by Gasteiger charge is 2.34. The highest BCUT2D eigenvalue weighted by Crippen LogP contribution is 2.33. The van der Waals surface area contributed by atoms with Crippen LogP contribution in [0.5, 0.6) is 5.75 Å². The minimum atomic E-state index is -0.635. The van der Waals surface area contributed by atoms with Gasteiger partial charge in [-0.3, -0.25) is 14.4 Å². The highest BCUT2D eigenvalue weighted by atomic mass is 16.5. The molecule has 0 spiro atoms. The number of amides is 3. The summed E-state index contributed by atoms with van der Waals surface area (Å²) in [6.45, 7) is 1.83. The molecule has 1 fully saturated rings. The van der Waals surface area contributed by atoms with E-state index in [2.05, 4.69) is 5.32 Å². The lowest BCUT2D eigenvalue weighted by Crippen LogP contribution is -2.53. The number of piperidine rings is 1. The Hall–Kier alpha value is -2.77. The molecule has 1 atom stereocenters. The fourth-order valence-corrected chi connectivity index (χ4v) is 3.46. The lowest BCUT2D eigenvalue weighted by Gasteiger charge is -2.38. The van der Waals surface area contributed by atoms with Crippen molar-refractivity contribution in [2.45, 2.75) is 25.4 Å². The van der Waals surface area contributed by atoms with Crippen molar-refractivity contribution in [2.24, 2.45) is 0 Å². The number of likely N-dealkylation sites (N-methyl/N-ethyl adjacent to an activating group) is 1. The van der Waals surface area contributed by atoms with Gasteiger partial charge in [0.25, 0.3) is 5.91 Å². The smallest absolute Gasteiger partial charge is 0.265 e. The Kier molecular flexibility index (Phi) is 6.38. The van der Waals surface area contributed by atoms with E-state index in [4.69, 9.17) is 4.74 Å². The number of hydrogen-bond acceptors (Lipinski definition) is 5. The molecule has 2 heterocycles. The van der Waals surface area contributed by atoms with Crippen molar-refractivity contribution in [3.8, 4) is 5.75 Å². The van der Waals surface area contributed by atoms with Gasteiger partial charge < -0.3 is 24.8 Å². The molecule has 1 aromatic rings. The molecule has 3 rings (SSSR count). The Morgan fingerprint density at radius 3 is 2.57 bits per heavy atom. The molecule has 28 heavy (non-hydrogen) atoms. The van der Waals surface area contributed by atoms with Crippen molar-refractivity contribution >= 4 is 23.4 Å². The molecule has 0 radical (unpaired) electrons. The summed E-state index contributed by atoms with van der Waals surface area (Å²) in [5.74, 6) is 0.133. The first-order valence-electron chi connectivity index (χ1n) is 9.72. The first-order chi connectivity index (χ1) is 13.5. The molecular formula is C20H28N4O4. The standard InChI is InChI=1S/C20H28N4O4/c1-22(2)19(26)12-21-18(25)14-24-13-17(20(27)23-10-6-3-7-11-23)28-16-9-5-4-8-15(16)24/h4-5,8-9,17H,3,6-7,10-14H2,1-2H3,(H,21,25)/t17-/m1/s1. The second kappa shape index (κ2) is 8.95. The van der Waals surface area contributed by atoms with Crippen LogP contribution in [0.4, 0.5) is 5.69 Å². The highest BCUT2D eigenvalue weighted by molar-refractivity contribution is 5.88. The van der Waals surface area contributed by atoms with Gasteiger partial charge in [0.05, 0.1) is 25.3 Å². The maximum atomic E-state index is 12.9. The molecule has 1 N–H and O–H groups in total. The third-order valence-corrected chi connectivity index (χ3v) is 5.07. The molecule has 2 aliphatic heterocycles. The lowest BCUT2D eigenvalue weighted by atomic mass is 10.1. The number of anilines is 1. The number of carbonyl (C=O) groups excluding carboxylic acids is 3. The third kappa shape index (κ3) is 4.74. The van der Waals surface area contributed by atoms with Crippen LogP contribution in [0.25, 0.3) is 0 Å². The summed E-state index contributed by atoms with van der Waals surface area (Å²) in [5.41, 5.74) is 0.777. The number of likely N-dealkylation sites (tertiary alicyclic amines) is 1. The normalized spacial score (nSPS) is 18.7. The Morgan fingerprint density at radius 1 is 1.14 bits per heavy atom. The van der Waals surface area contributed by atoms with Gasteiger partial charge in [-0.15, -0.1) is 0 Å². The number of carbonyl (C=O) groups is 3. The van der Waals surface area contributed by atoms with E-state index in [1.807, 2.05) is 34.1 Å². The minimum Gasteiger partial charge on any atom is -0.477 e. The predicted molar refractivity (Wildman–Crippen MR) is 105 cm³/mol. The Labute approximate surface area is 165 Å². The third-order valence-electron chi connectivity index (χ3n) is 5.07. The quantitative estimate of drug-likeness (QED) is 0.793. The summed E-state index contributed by atoms with van der Waals surface area (Å²) in [6, 6.07) is 7.40. The van der Waals surface area contributed by atoms with Crippen molar-refractivity contribution < 1.29 is 19.1 Å². The van der Waals surface area contributed by atoms with Gasteiger partial charge in [0.2, 0.25) is 11.8 Å². The number of ether oxygens (including phenoxy) is 1. The Bertz CT molecular complexity index is 731. The van der Waals surface area contributed by atoms with Crippen LogP contribution in [-0.4, -0.2) is 80.4 Å². The monoisotopic (exact) mass is 388 g/mol. The number of benzene rings is 1. The summed E-state index contributed by atoms with van der Waals surface area (Å²) in [6.07, 6.45) is 2.54. The fraction of sp³-hybridized carbons (Fsp3) is 0.550. The van der Waals surface area contributed by atoms with Crippen LogP contribution in [0.15, 0.2) is 24.3 Å². The Balaban J connectivity index is 1.68. The fourth-order valence-electron chi connectivity index (χ4n) is 3.46. The van der Waals surface area contributed by atoms with E-state index < -0.39 is 6.10 Å². The average Bonchev–Trinajstić information content (AvgIpc) is 2.71. The molecule has 0 unspecified atom stereocenters. The van der Waals surface area contributed by atoms with Crippen LogP contribution < -0.4 is 15.0 Å². The van der Waals surface area contributed by atoms with Gasteiger partial charge in [-0.05, 0) is 31.4 Å². The molecule has 0 aliphatic carbocycles. The van der Waals surface area contributed by atoms with Gasteiger partial charge in [0.15, 0.2) is 6.10 Å². The molecule has 0 bridgehead atoms. The van der Waals surface area contributed by atoms with E-state index in [0.29, 0.717) is 12.3 Å². The zero-order valence-corrected chi connectivity index (χ0v) is 16.5. The largest absolute Gasteiger partial charge is 0.477 e. The molecule has 0 aromatic heterocycles. The van der Waals surface area contributed by atoms with Crippen molar-refractivity contribution in [1.82, 2.24) is 15.1 Å². The second-order valence-corrected chi connectivity index (χ2v) is 7.41. The summed E-state index contributed by atoms with van der Waals surface area (Å²) < 4.78 is 5.96. The number of nitrogens with zero attached hydrogens (tertiary/aromatic N) is 3. The van der Waals surface area contributed by atoms with Crippen molar-refractivity contribution in [2.75, 3.05) is 51.7 Å². The van der Waals surface area contributed by atoms with E-state index in [-0.39, 0.29) is 30.8 Å². The zero-order chi connectivity index (χ0) is 20.1. The number of fused-ring (bicyclic) bond motifs is 1. The number of hydrogen-bond donors (Lipinski definition) is 1. The number of nitrogens with one attached hydrogen (secondary N) is 1. The molecule has 1 saturated heterocycles. The van der Waals surface area contributed by atoms with Gasteiger partial charge in [-0.2, -0.15) is 0 Å². The topological polar surface area (TPSA) is 82.2 Å². The maximum absolute atomic E-state index is 12.9. The zero-order valence-electron chi connectivity index (χ0n) is 16.5. The summed E-state index contributed by atoms with van der Waals surface area (Å²) in [4.78, 5) is 42.1. The summed E-state index contributed by atoms with van der Waals surface area (Å²) in [5, 5.41) is 2.64. The van der Waals surface area contributed by atoms with Crippen molar-refractivity contribution in [1.29, 1.82) is 0 Å². The second-order valence-electron chi connectivity index (χ2n) is 7.41. The average molecular weight is 388 g/mol. The molecule has 152 valence electrons. The van der Waals surface area contributed by atoms with Crippen molar-refractivity contribution in [3.05, 3.63) is 24.3 Å². The molecular weight excluding hydrogens is 360 g/mol. The molecule has 8 nitrogen and oxygen atoms in total. The van der Waals surface area contributed by atoms with Gasteiger partial charge >= 0.3 is 0 Å². The molecule has 1 aromatic carbocycles. The van der Waals surface area contributed by atoms with E-state index in [1.54, 1.807) is 14.1 Å².